The Labute approximate surface area is 127 Å². The molecule has 0 aliphatic heterocycles. The molecule has 0 radical (unpaired) electrons. The van der Waals surface area contributed by atoms with Crippen LogP contribution in [0.15, 0.2) is 24.3 Å². The van der Waals surface area contributed by atoms with Gasteiger partial charge in [0.1, 0.15) is 0 Å². The minimum atomic E-state index is -1.26. The van der Waals surface area contributed by atoms with E-state index in [1.165, 1.54) is 0 Å². The molecule has 8 heteroatoms. The van der Waals surface area contributed by atoms with Crippen LogP contribution in [0, 0.1) is 0 Å². The van der Waals surface area contributed by atoms with E-state index in [1.807, 2.05) is 0 Å². The van der Waals surface area contributed by atoms with Crippen molar-refractivity contribution in [3.8, 4) is 0 Å². The number of hydrogen-bond acceptors (Lipinski definition) is 6. The van der Waals surface area contributed by atoms with Gasteiger partial charge >= 0.3 is 23.9 Å². The normalized spacial score (nSPS) is 9.91. The van der Waals surface area contributed by atoms with Gasteiger partial charge in [0.15, 0.2) is 0 Å². The van der Waals surface area contributed by atoms with Crippen LogP contribution in [-0.4, -0.2) is 40.4 Å². The number of carboxylic acid groups (broad SMARTS) is 2. The van der Waals surface area contributed by atoms with Gasteiger partial charge in [-0.1, -0.05) is 20.1 Å². The number of ether oxygens (including phenoxy) is 2. The molecule has 0 aromatic carbocycles. The fraction of sp³-hybridized carbons (Fsp3) is 0.429. The van der Waals surface area contributed by atoms with Crippen LogP contribution >= 0.6 is 0 Å². The van der Waals surface area contributed by atoms with Crippen LogP contribution in [0.25, 0.3) is 0 Å². The molecule has 0 unspecified atom stereocenters. The molecule has 8 nitrogen and oxygen atoms in total. The van der Waals surface area contributed by atoms with Gasteiger partial charge in [-0.3, -0.25) is 9.59 Å². The Morgan fingerprint density at radius 2 is 1.27 bits per heavy atom. The summed E-state index contributed by atoms with van der Waals surface area (Å²) < 4.78 is 9.69. The highest BCUT2D eigenvalue weighted by Gasteiger charge is 2.23. The largest absolute Gasteiger partial charge is 0.481 e. The Kier molecular flexibility index (Phi) is 8.21. The molecule has 0 aliphatic rings. The minimum Gasteiger partial charge on any atom is -0.481 e. The van der Waals surface area contributed by atoms with Gasteiger partial charge in [0.25, 0.3) is 0 Å². The first-order valence-corrected chi connectivity index (χ1v) is 6.38. The monoisotopic (exact) mass is 314 g/mol. The van der Waals surface area contributed by atoms with Gasteiger partial charge in [0, 0.05) is 17.6 Å². The molecule has 0 aliphatic carbocycles. The van der Waals surface area contributed by atoms with Crippen LogP contribution in [0.1, 0.15) is 32.6 Å². The molecule has 0 aromatic heterocycles. The maximum Gasteiger partial charge on any atom is 0.337 e. The molecule has 0 rings (SSSR count). The van der Waals surface area contributed by atoms with E-state index in [4.69, 9.17) is 19.7 Å². The molecule has 0 atom stereocenters. The van der Waals surface area contributed by atoms with E-state index in [1.54, 1.807) is 6.92 Å². The third-order valence-corrected chi connectivity index (χ3v) is 2.31. The zero-order valence-electron chi connectivity index (χ0n) is 12.2. The second-order valence-corrected chi connectivity index (χ2v) is 4.38. The van der Waals surface area contributed by atoms with Crippen LogP contribution in [0.5, 0.6) is 0 Å². The predicted octanol–water partition coefficient (Wildman–Crippen LogP) is 1.26. The molecular formula is C14H18O8. The van der Waals surface area contributed by atoms with Gasteiger partial charge < -0.3 is 19.7 Å². The van der Waals surface area contributed by atoms with Crippen LogP contribution in [0.4, 0.5) is 0 Å². The van der Waals surface area contributed by atoms with E-state index in [9.17, 15) is 19.2 Å². The molecule has 0 fully saturated rings. The number of rotatable bonds is 10. The first-order valence-electron chi connectivity index (χ1n) is 6.38. The number of carbonyl (C=O) groups excluding carboxylic acids is 2. The van der Waals surface area contributed by atoms with Crippen molar-refractivity contribution in [3.63, 3.8) is 0 Å². The van der Waals surface area contributed by atoms with Gasteiger partial charge in [-0.15, -0.1) is 0 Å². The maximum absolute atomic E-state index is 11.6. The third kappa shape index (κ3) is 7.83. The average Bonchev–Trinajstić information content (AvgIpc) is 2.36. The number of carbonyl (C=O) groups is 4. The molecule has 0 aromatic rings. The lowest BCUT2D eigenvalue weighted by Crippen LogP contribution is -2.26. The molecule has 0 saturated heterocycles. The summed E-state index contributed by atoms with van der Waals surface area (Å²) in [6.45, 7) is 8.28. The second-order valence-electron chi connectivity index (χ2n) is 4.38. The topological polar surface area (TPSA) is 127 Å². The van der Waals surface area contributed by atoms with Crippen LogP contribution in [-0.2, 0) is 28.7 Å². The summed E-state index contributed by atoms with van der Waals surface area (Å²) in [6, 6.07) is 0. The lowest BCUT2D eigenvalue weighted by molar-refractivity contribution is -0.184. The SMILES string of the molecule is C=C(CC(=O)O)C(=O)OC(CCC)OC(=O)C(=C)CC(=O)O. The van der Waals surface area contributed by atoms with E-state index in [0.717, 1.165) is 0 Å². The predicted molar refractivity (Wildman–Crippen MR) is 73.7 cm³/mol. The molecule has 2 N–H and O–H groups in total. The summed E-state index contributed by atoms with van der Waals surface area (Å²) in [7, 11) is 0. The Morgan fingerprint density at radius 3 is 1.55 bits per heavy atom. The van der Waals surface area contributed by atoms with Crippen molar-refractivity contribution in [2.45, 2.75) is 38.9 Å². The lowest BCUT2D eigenvalue weighted by Gasteiger charge is -2.18. The molecule has 22 heavy (non-hydrogen) atoms. The van der Waals surface area contributed by atoms with Crippen molar-refractivity contribution in [3.05, 3.63) is 24.3 Å². The molecule has 0 bridgehead atoms. The Balaban J connectivity index is 4.66. The zero-order chi connectivity index (χ0) is 17.3. The number of esters is 2. The van der Waals surface area contributed by atoms with E-state index in [2.05, 4.69) is 13.2 Å². The number of carboxylic acids is 2. The molecule has 0 saturated carbocycles. The highest BCUT2D eigenvalue weighted by Crippen LogP contribution is 2.12. The van der Waals surface area contributed by atoms with Crippen molar-refractivity contribution in [1.82, 2.24) is 0 Å². The number of hydrogen-bond donors (Lipinski definition) is 2. The highest BCUT2D eigenvalue weighted by atomic mass is 16.7. The molecule has 0 heterocycles. The van der Waals surface area contributed by atoms with Crippen molar-refractivity contribution >= 4 is 23.9 Å². The van der Waals surface area contributed by atoms with E-state index in [0.29, 0.717) is 6.42 Å². The summed E-state index contributed by atoms with van der Waals surface area (Å²) in [5.74, 6) is -4.50. The molecular weight excluding hydrogens is 296 g/mol. The second kappa shape index (κ2) is 9.32. The molecule has 122 valence electrons. The van der Waals surface area contributed by atoms with Gasteiger partial charge in [-0.2, -0.15) is 0 Å². The highest BCUT2D eigenvalue weighted by molar-refractivity contribution is 5.94. The Hall–Kier alpha value is -2.64. The Morgan fingerprint density at radius 1 is 0.909 bits per heavy atom. The fourth-order valence-corrected chi connectivity index (χ4v) is 1.29. The summed E-state index contributed by atoms with van der Waals surface area (Å²) in [5, 5.41) is 17.1. The van der Waals surface area contributed by atoms with Crippen molar-refractivity contribution in [1.29, 1.82) is 0 Å². The van der Waals surface area contributed by atoms with Gasteiger partial charge in [-0.25, -0.2) is 9.59 Å². The van der Waals surface area contributed by atoms with Crippen molar-refractivity contribution < 1.29 is 38.9 Å². The molecule has 0 amide bonds. The van der Waals surface area contributed by atoms with E-state index >= 15 is 0 Å². The standard InChI is InChI=1S/C14H18O8/c1-4-5-12(21-13(19)8(2)6-10(15)16)22-14(20)9(3)7-11(17)18/h12H,2-7H2,1H3,(H,15,16)(H,17,18). The molecule has 0 spiro atoms. The van der Waals surface area contributed by atoms with Gasteiger partial charge in [-0.05, 0) is 6.42 Å². The van der Waals surface area contributed by atoms with Crippen LogP contribution in [0.2, 0.25) is 0 Å². The van der Waals surface area contributed by atoms with E-state index in [-0.39, 0.29) is 17.6 Å². The summed E-state index contributed by atoms with van der Waals surface area (Å²) in [6.07, 6.45) is -1.80. The van der Waals surface area contributed by atoms with Crippen LogP contribution in [0.3, 0.4) is 0 Å². The Bertz CT molecular complexity index is 449. The quantitative estimate of drug-likeness (QED) is 0.350. The van der Waals surface area contributed by atoms with Gasteiger partial charge in [0.2, 0.25) is 6.29 Å². The fourth-order valence-electron chi connectivity index (χ4n) is 1.29. The zero-order valence-corrected chi connectivity index (χ0v) is 12.2. The summed E-state index contributed by atoms with van der Waals surface area (Å²) >= 11 is 0. The van der Waals surface area contributed by atoms with Crippen molar-refractivity contribution in [2.24, 2.45) is 0 Å². The summed E-state index contributed by atoms with van der Waals surface area (Å²) in [4.78, 5) is 44.1. The van der Waals surface area contributed by atoms with Gasteiger partial charge in [0.05, 0.1) is 12.8 Å². The number of aliphatic carboxylic acids is 2. The first-order chi connectivity index (χ1) is 10.2. The maximum atomic E-state index is 11.6. The summed E-state index contributed by atoms with van der Waals surface area (Å²) in [5.41, 5.74) is -0.594. The first kappa shape index (κ1) is 19.4. The minimum absolute atomic E-state index is 0.165. The third-order valence-electron chi connectivity index (χ3n) is 2.31. The van der Waals surface area contributed by atoms with E-state index < -0.39 is 43.0 Å². The van der Waals surface area contributed by atoms with Crippen molar-refractivity contribution in [2.75, 3.05) is 0 Å². The lowest BCUT2D eigenvalue weighted by atomic mass is 10.2. The van der Waals surface area contributed by atoms with Crippen LogP contribution < -0.4 is 0 Å². The smallest absolute Gasteiger partial charge is 0.337 e. The average molecular weight is 314 g/mol.